The van der Waals surface area contributed by atoms with Gasteiger partial charge in [-0.15, -0.1) is 0 Å². The van der Waals surface area contributed by atoms with Crippen molar-refractivity contribution in [1.82, 2.24) is 9.38 Å². The zero-order valence-corrected chi connectivity index (χ0v) is 12.1. The molecule has 4 nitrogen and oxygen atoms in total. The number of carboxylic acid groups (broad SMARTS) is 1. The molecule has 2 heterocycles. The van der Waals surface area contributed by atoms with E-state index >= 15 is 0 Å². The van der Waals surface area contributed by atoms with Gasteiger partial charge in [-0.3, -0.25) is 4.40 Å². The highest BCUT2D eigenvalue weighted by molar-refractivity contribution is 6.30. The number of pyridine rings is 1. The Morgan fingerprint density at radius 1 is 1.24 bits per heavy atom. The Hall–Kier alpha value is -2.33. The van der Waals surface area contributed by atoms with Crippen LogP contribution in [0.1, 0.15) is 23.0 Å². The van der Waals surface area contributed by atoms with E-state index in [1.165, 1.54) is 9.96 Å². The molecule has 0 fully saturated rings. The number of benzene rings is 1. The fourth-order valence-electron chi connectivity index (χ4n) is 2.32. The molecule has 21 heavy (non-hydrogen) atoms. The van der Waals surface area contributed by atoms with Crippen molar-refractivity contribution in [2.45, 2.75) is 13.3 Å². The molecule has 1 aromatic carbocycles. The van der Waals surface area contributed by atoms with Crippen molar-refractivity contribution >= 4 is 23.2 Å². The van der Waals surface area contributed by atoms with E-state index in [-0.39, 0.29) is 5.69 Å². The normalized spacial score (nSPS) is 11.0. The summed E-state index contributed by atoms with van der Waals surface area (Å²) in [5, 5.41) is 9.97. The van der Waals surface area contributed by atoms with Crippen LogP contribution in [0.3, 0.4) is 0 Å². The number of hydrogen-bond acceptors (Lipinski definition) is 2. The zero-order valence-electron chi connectivity index (χ0n) is 11.4. The Kier molecular flexibility index (Phi) is 3.39. The van der Waals surface area contributed by atoms with Crippen LogP contribution in [0.15, 0.2) is 42.6 Å². The van der Waals surface area contributed by atoms with E-state index < -0.39 is 5.97 Å². The van der Waals surface area contributed by atoms with E-state index in [0.717, 1.165) is 12.0 Å². The van der Waals surface area contributed by atoms with Crippen LogP contribution in [0.4, 0.5) is 0 Å². The maximum atomic E-state index is 11.6. The van der Waals surface area contributed by atoms with Crippen molar-refractivity contribution in [3.05, 3.63) is 58.9 Å². The van der Waals surface area contributed by atoms with Gasteiger partial charge in [0.25, 0.3) is 0 Å². The van der Waals surface area contributed by atoms with Gasteiger partial charge in [-0.1, -0.05) is 42.8 Å². The molecule has 5 heteroatoms. The van der Waals surface area contributed by atoms with Gasteiger partial charge in [-0.05, 0) is 24.1 Å². The average Bonchev–Trinajstić information content (AvgIpc) is 2.86. The predicted molar refractivity (Wildman–Crippen MR) is 82.0 cm³/mol. The van der Waals surface area contributed by atoms with E-state index in [9.17, 15) is 9.90 Å². The number of carbonyl (C=O) groups is 1. The zero-order chi connectivity index (χ0) is 15.0. The standard InChI is InChI=1S/C16H13ClN2O2/c1-2-10-3-5-11(6-4-10)14-15(16(20)21)19-9-12(17)7-8-13(19)18-14/h3-9H,2H2,1H3,(H,20,21). The third kappa shape index (κ3) is 2.38. The van der Waals surface area contributed by atoms with Crippen LogP contribution < -0.4 is 0 Å². The molecule has 106 valence electrons. The largest absolute Gasteiger partial charge is 0.476 e. The van der Waals surface area contributed by atoms with Crippen LogP contribution in [-0.4, -0.2) is 20.5 Å². The quantitative estimate of drug-likeness (QED) is 0.797. The van der Waals surface area contributed by atoms with Crippen molar-refractivity contribution in [3.8, 4) is 11.3 Å². The van der Waals surface area contributed by atoms with Crippen molar-refractivity contribution in [2.24, 2.45) is 0 Å². The van der Waals surface area contributed by atoms with Crippen LogP contribution in [-0.2, 0) is 6.42 Å². The van der Waals surface area contributed by atoms with Gasteiger partial charge in [0.15, 0.2) is 5.69 Å². The van der Waals surface area contributed by atoms with E-state index in [2.05, 4.69) is 11.9 Å². The third-order valence-electron chi connectivity index (χ3n) is 3.42. The lowest BCUT2D eigenvalue weighted by atomic mass is 10.1. The maximum Gasteiger partial charge on any atom is 0.355 e. The summed E-state index contributed by atoms with van der Waals surface area (Å²) in [5.74, 6) is -1.03. The summed E-state index contributed by atoms with van der Waals surface area (Å²) in [5.41, 5.74) is 3.11. The third-order valence-corrected chi connectivity index (χ3v) is 3.64. The van der Waals surface area contributed by atoms with E-state index in [1.54, 1.807) is 18.3 Å². The first-order valence-corrected chi connectivity index (χ1v) is 6.98. The second-order valence-electron chi connectivity index (χ2n) is 4.74. The number of fused-ring (bicyclic) bond motifs is 1. The lowest BCUT2D eigenvalue weighted by Crippen LogP contribution is -2.03. The fraction of sp³-hybridized carbons (Fsp3) is 0.125. The summed E-state index contributed by atoms with van der Waals surface area (Å²) in [6, 6.07) is 11.2. The number of halogens is 1. The molecule has 0 radical (unpaired) electrons. The Bertz CT molecular complexity index is 822. The highest BCUT2D eigenvalue weighted by atomic mass is 35.5. The number of hydrogen-bond donors (Lipinski definition) is 1. The summed E-state index contributed by atoms with van der Waals surface area (Å²) in [7, 11) is 0. The minimum Gasteiger partial charge on any atom is -0.476 e. The van der Waals surface area contributed by atoms with Gasteiger partial charge in [0.1, 0.15) is 11.3 Å². The molecule has 0 aliphatic rings. The lowest BCUT2D eigenvalue weighted by Gasteiger charge is -2.02. The molecule has 0 amide bonds. The monoisotopic (exact) mass is 300 g/mol. The molecule has 0 saturated heterocycles. The maximum absolute atomic E-state index is 11.6. The number of nitrogens with zero attached hydrogens (tertiary/aromatic N) is 2. The average molecular weight is 301 g/mol. The molecule has 0 aliphatic carbocycles. The second kappa shape index (κ2) is 5.22. The predicted octanol–water partition coefficient (Wildman–Crippen LogP) is 3.92. The summed E-state index contributed by atoms with van der Waals surface area (Å²) >= 11 is 5.95. The molecule has 0 saturated carbocycles. The smallest absolute Gasteiger partial charge is 0.355 e. The highest BCUT2D eigenvalue weighted by Gasteiger charge is 2.19. The molecular formula is C16H13ClN2O2. The second-order valence-corrected chi connectivity index (χ2v) is 5.18. The number of rotatable bonds is 3. The van der Waals surface area contributed by atoms with Crippen molar-refractivity contribution in [3.63, 3.8) is 0 Å². The number of aromatic carboxylic acids is 1. The van der Waals surface area contributed by atoms with Crippen molar-refractivity contribution < 1.29 is 9.90 Å². The molecule has 3 aromatic rings. The van der Waals surface area contributed by atoms with Crippen molar-refractivity contribution in [2.75, 3.05) is 0 Å². The number of carboxylic acids is 1. The summed E-state index contributed by atoms with van der Waals surface area (Å²) < 4.78 is 1.51. The van der Waals surface area contributed by atoms with Crippen LogP contribution >= 0.6 is 11.6 Å². The van der Waals surface area contributed by atoms with Crippen LogP contribution in [0.25, 0.3) is 16.9 Å². The van der Waals surface area contributed by atoms with Gasteiger partial charge in [0, 0.05) is 11.8 Å². The lowest BCUT2D eigenvalue weighted by molar-refractivity contribution is 0.0690. The fourth-order valence-corrected chi connectivity index (χ4v) is 2.48. The summed E-state index contributed by atoms with van der Waals surface area (Å²) in [6.07, 6.45) is 2.50. The molecule has 0 spiro atoms. The van der Waals surface area contributed by atoms with Gasteiger partial charge in [0.05, 0.1) is 5.02 Å². The molecule has 1 N–H and O–H groups in total. The number of imidazole rings is 1. The topological polar surface area (TPSA) is 54.6 Å². The number of aromatic nitrogens is 2. The summed E-state index contributed by atoms with van der Waals surface area (Å²) in [6.45, 7) is 2.07. The Labute approximate surface area is 126 Å². The van der Waals surface area contributed by atoms with Crippen LogP contribution in [0.5, 0.6) is 0 Å². The van der Waals surface area contributed by atoms with Gasteiger partial charge in [0.2, 0.25) is 0 Å². The molecule has 2 aromatic heterocycles. The van der Waals surface area contributed by atoms with Gasteiger partial charge in [-0.2, -0.15) is 0 Å². The van der Waals surface area contributed by atoms with Crippen molar-refractivity contribution in [1.29, 1.82) is 0 Å². The van der Waals surface area contributed by atoms with Gasteiger partial charge in [-0.25, -0.2) is 9.78 Å². The van der Waals surface area contributed by atoms with Gasteiger partial charge >= 0.3 is 5.97 Å². The van der Waals surface area contributed by atoms with Gasteiger partial charge < -0.3 is 5.11 Å². The molecule has 0 atom stereocenters. The minimum atomic E-state index is -1.03. The molecule has 0 aliphatic heterocycles. The molecule has 0 unspecified atom stereocenters. The molecular weight excluding hydrogens is 288 g/mol. The number of aryl methyl sites for hydroxylation is 1. The Balaban J connectivity index is 2.25. The minimum absolute atomic E-state index is 0.122. The van der Waals surface area contributed by atoms with E-state index in [4.69, 9.17) is 11.6 Å². The van der Waals surface area contributed by atoms with E-state index in [1.807, 2.05) is 24.3 Å². The highest BCUT2D eigenvalue weighted by Crippen LogP contribution is 2.26. The van der Waals surface area contributed by atoms with E-state index in [0.29, 0.717) is 16.4 Å². The SMILES string of the molecule is CCc1ccc(-c2nc3ccc(Cl)cn3c2C(=O)O)cc1. The molecule has 3 rings (SSSR count). The Morgan fingerprint density at radius 3 is 2.57 bits per heavy atom. The first-order valence-electron chi connectivity index (χ1n) is 6.60. The summed E-state index contributed by atoms with van der Waals surface area (Å²) in [4.78, 5) is 16.0. The first kappa shape index (κ1) is 13.6. The van der Waals surface area contributed by atoms with Crippen LogP contribution in [0.2, 0.25) is 5.02 Å². The molecule has 0 bridgehead atoms. The first-order chi connectivity index (χ1) is 10.1. The Morgan fingerprint density at radius 2 is 1.95 bits per heavy atom. The van der Waals surface area contributed by atoms with Crippen LogP contribution in [0, 0.1) is 0 Å².